The van der Waals surface area contributed by atoms with Crippen LogP contribution in [0.5, 0.6) is 0 Å². The molecule has 1 fully saturated rings. The predicted molar refractivity (Wildman–Crippen MR) is 83.5 cm³/mol. The van der Waals surface area contributed by atoms with Crippen molar-refractivity contribution in [3.63, 3.8) is 0 Å². The van der Waals surface area contributed by atoms with Crippen molar-refractivity contribution in [2.75, 3.05) is 5.73 Å². The van der Waals surface area contributed by atoms with Crippen LogP contribution in [0.2, 0.25) is 0 Å². The van der Waals surface area contributed by atoms with Gasteiger partial charge < -0.3 is 5.73 Å². The van der Waals surface area contributed by atoms with Crippen LogP contribution < -0.4 is 5.73 Å². The number of anilines is 1. The molecular formula is C16H23N5. The van der Waals surface area contributed by atoms with Crippen molar-refractivity contribution in [1.82, 2.24) is 20.2 Å². The quantitative estimate of drug-likeness (QED) is 0.880. The van der Waals surface area contributed by atoms with Gasteiger partial charge in [0.2, 0.25) is 0 Å². The number of hydrogen-bond donors (Lipinski definition) is 1. The Balaban J connectivity index is 1.90. The van der Waals surface area contributed by atoms with E-state index >= 15 is 0 Å². The highest BCUT2D eigenvalue weighted by molar-refractivity contribution is 5.74. The first kappa shape index (κ1) is 14.0. The second-order valence-electron chi connectivity index (χ2n) is 6.25. The van der Waals surface area contributed by atoms with Gasteiger partial charge in [-0.25, -0.2) is 4.68 Å². The van der Waals surface area contributed by atoms with Crippen LogP contribution in [-0.2, 0) is 6.54 Å². The summed E-state index contributed by atoms with van der Waals surface area (Å²) in [5.41, 5.74) is 8.95. The molecule has 0 radical (unpaired) electrons. The van der Waals surface area contributed by atoms with Gasteiger partial charge in [-0.3, -0.25) is 0 Å². The van der Waals surface area contributed by atoms with Crippen LogP contribution in [0.1, 0.15) is 38.2 Å². The molecule has 0 bridgehead atoms. The van der Waals surface area contributed by atoms with Gasteiger partial charge in [0.05, 0.1) is 0 Å². The van der Waals surface area contributed by atoms with Crippen molar-refractivity contribution in [3.05, 3.63) is 23.8 Å². The van der Waals surface area contributed by atoms with E-state index in [1.807, 2.05) is 29.8 Å². The molecule has 0 aliphatic heterocycles. The summed E-state index contributed by atoms with van der Waals surface area (Å²) in [5.74, 6) is 2.19. The molecule has 112 valence electrons. The van der Waals surface area contributed by atoms with Crippen molar-refractivity contribution in [1.29, 1.82) is 0 Å². The summed E-state index contributed by atoms with van der Waals surface area (Å²) >= 11 is 0. The van der Waals surface area contributed by atoms with E-state index in [0.717, 1.165) is 35.1 Å². The van der Waals surface area contributed by atoms with Gasteiger partial charge in [0.25, 0.3) is 0 Å². The lowest BCUT2D eigenvalue weighted by molar-refractivity contribution is 0.221. The zero-order chi connectivity index (χ0) is 14.8. The largest absolute Gasteiger partial charge is 0.398 e. The molecule has 1 saturated carbocycles. The molecule has 21 heavy (non-hydrogen) atoms. The smallest absolute Gasteiger partial charge is 0.184 e. The van der Waals surface area contributed by atoms with Gasteiger partial charge in [-0.1, -0.05) is 38.3 Å². The third-order valence-corrected chi connectivity index (χ3v) is 4.76. The number of hydrogen-bond acceptors (Lipinski definition) is 4. The zero-order valence-corrected chi connectivity index (χ0v) is 12.8. The van der Waals surface area contributed by atoms with Gasteiger partial charge in [0.15, 0.2) is 5.82 Å². The molecule has 2 unspecified atom stereocenters. The molecule has 1 aromatic heterocycles. The van der Waals surface area contributed by atoms with Crippen LogP contribution in [0.3, 0.4) is 0 Å². The van der Waals surface area contributed by atoms with E-state index in [1.54, 1.807) is 0 Å². The van der Waals surface area contributed by atoms with Crippen LogP contribution in [0.4, 0.5) is 5.69 Å². The average molecular weight is 285 g/mol. The van der Waals surface area contributed by atoms with Gasteiger partial charge in [-0.2, -0.15) is 0 Å². The molecule has 2 aromatic rings. The Morgan fingerprint density at radius 2 is 2.10 bits per heavy atom. The Bertz CT molecular complexity index is 599. The standard InChI is InChI=1S/C16H23N5/c1-11-6-3-4-8-13(11)10-21-16(18-19-20-21)15-12(2)7-5-9-14(15)17/h5,7,9,11,13H,3-4,6,8,10,17H2,1-2H3. The second kappa shape index (κ2) is 5.84. The molecular weight excluding hydrogens is 262 g/mol. The zero-order valence-electron chi connectivity index (χ0n) is 12.8. The van der Waals surface area contributed by atoms with E-state index in [1.165, 1.54) is 25.7 Å². The van der Waals surface area contributed by atoms with Crippen molar-refractivity contribution >= 4 is 5.69 Å². The number of rotatable bonds is 3. The number of aryl methyl sites for hydroxylation is 1. The van der Waals surface area contributed by atoms with E-state index in [2.05, 4.69) is 22.4 Å². The number of nitrogens with zero attached hydrogens (tertiary/aromatic N) is 4. The lowest BCUT2D eigenvalue weighted by Gasteiger charge is -2.28. The molecule has 0 spiro atoms. The van der Waals surface area contributed by atoms with Gasteiger partial charge in [-0.05, 0) is 47.2 Å². The van der Waals surface area contributed by atoms with Crippen LogP contribution in [0, 0.1) is 18.8 Å². The normalized spacial score (nSPS) is 22.4. The summed E-state index contributed by atoms with van der Waals surface area (Å²) in [6.45, 7) is 5.28. The highest BCUT2D eigenvalue weighted by Crippen LogP contribution is 2.32. The Kier molecular flexibility index (Phi) is 3.90. The van der Waals surface area contributed by atoms with Crippen molar-refractivity contribution in [3.8, 4) is 11.4 Å². The van der Waals surface area contributed by atoms with Gasteiger partial charge >= 0.3 is 0 Å². The van der Waals surface area contributed by atoms with Crippen LogP contribution in [-0.4, -0.2) is 20.2 Å². The molecule has 2 N–H and O–H groups in total. The molecule has 1 aliphatic rings. The summed E-state index contributed by atoms with van der Waals surface area (Å²) < 4.78 is 1.94. The molecule has 3 rings (SSSR count). The van der Waals surface area contributed by atoms with Gasteiger partial charge in [0, 0.05) is 17.8 Å². The SMILES string of the molecule is Cc1cccc(N)c1-c1nnnn1CC1CCCCC1C. The monoisotopic (exact) mass is 285 g/mol. The Morgan fingerprint density at radius 1 is 1.29 bits per heavy atom. The second-order valence-corrected chi connectivity index (χ2v) is 6.25. The summed E-state index contributed by atoms with van der Waals surface area (Å²) in [6.07, 6.45) is 5.25. The third-order valence-electron chi connectivity index (χ3n) is 4.76. The van der Waals surface area contributed by atoms with Crippen molar-refractivity contribution < 1.29 is 0 Å². The number of benzene rings is 1. The summed E-state index contributed by atoms with van der Waals surface area (Å²) in [5, 5.41) is 12.3. The lowest BCUT2D eigenvalue weighted by atomic mass is 9.80. The number of aromatic nitrogens is 4. The molecule has 1 aliphatic carbocycles. The highest BCUT2D eigenvalue weighted by atomic mass is 15.5. The minimum absolute atomic E-state index is 0.659. The lowest BCUT2D eigenvalue weighted by Crippen LogP contribution is -2.23. The first-order valence-corrected chi connectivity index (χ1v) is 7.78. The number of tetrazole rings is 1. The van der Waals surface area contributed by atoms with Crippen LogP contribution >= 0.6 is 0 Å². The number of nitrogens with two attached hydrogens (primary N) is 1. The van der Waals surface area contributed by atoms with Crippen LogP contribution in [0.15, 0.2) is 18.2 Å². The van der Waals surface area contributed by atoms with Crippen molar-refractivity contribution in [2.45, 2.75) is 46.1 Å². The van der Waals surface area contributed by atoms with E-state index in [9.17, 15) is 0 Å². The maximum atomic E-state index is 6.13. The first-order chi connectivity index (χ1) is 10.2. The molecule has 5 heteroatoms. The van der Waals surface area contributed by atoms with E-state index in [0.29, 0.717) is 5.92 Å². The Morgan fingerprint density at radius 3 is 2.86 bits per heavy atom. The van der Waals surface area contributed by atoms with Crippen molar-refractivity contribution in [2.24, 2.45) is 11.8 Å². The average Bonchev–Trinajstić information content (AvgIpc) is 2.89. The fraction of sp³-hybridized carbons (Fsp3) is 0.562. The fourth-order valence-corrected chi connectivity index (χ4v) is 3.39. The molecule has 2 atom stereocenters. The van der Waals surface area contributed by atoms with Gasteiger partial charge in [0.1, 0.15) is 0 Å². The molecule has 0 amide bonds. The first-order valence-electron chi connectivity index (χ1n) is 7.78. The van der Waals surface area contributed by atoms with Gasteiger partial charge in [-0.15, -0.1) is 5.10 Å². The molecule has 1 heterocycles. The minimum Gasteiger partial charge on any atom is -0.398 e. The number of nitrogen functional groups attached to an aromatic ring is 1. The van der Waals surface area contributed by atoms with E-state index in [-0.39, 0.29) is 0 Å². The van der Waals surface area contributed by atoms with E-state index in [4.69, 9.17) is 5.73 Å². The molecule has 5 nitrogen and oxygen atoms in total. The maximum Gasteiger partial charge on any atom is 0.184 e. The minimum atomic E-state index is 0.659. The summed E-state index contributed by atoms with van der Waals surface area (Å²) in [7, 11) is 0. The third kappa shape index (κ3) is 2.77. The highest BCUT2D eigenvalue weighted by Gasteiger charge is 2.24. The fourth-order valence-electron chi connectivity index (χ4n) is 3.39. The molecule has 0 saturated heterocycles. The predicted octanol–water partition coefficient (Wildman–Crippen LogP) is 3.06. The van der Waals surface area contributed by atoms with E-state index < -0.39 is 0 Å². The van der Waals surface area contributed by atoms with Crippen LogP contribution in [0.25, 0.3) is 11.4 Å². The summed E-state index contributed by atoms with van der Waals surface area (Å²) in [4.78, 5) is 0. The Hall–Kier alpha value is -1.91. The maximum absolute atomic E-state index is 6.13. The Labute approximate surface area is 125 Å². The summed E-state index contributed by atoms with van der Waals surface area (Å²) in [6, 6.07) is 5.92. The topological polar surface area (TPSA) is 69.6 Å². The molecule has 1 aromatic carbocycles.